The van der Waals surface area contributed by atoms with Gasteiger partial charge in [0.2, 0.25) is 0 Å². The Labute approximate surface area is 107 Å². The Morgan fingerprint density at radius 3 is 2.59 bits per heavy atom. The molecule has 1 rings (SSSR count). The van der Waals surface area contributed by atoms with Crippen molar-refractivity contribution in [3.8, 4) is 6.07 Å². The van der Waals surface area contributed by atoms with Crippen LogP contribution in [0.2, 0.25) is 5.02 Å². The number of aldehydes is 1. The van der Waals surface area contributed by atoms with Gasteiger partial charge in [-0.05, 0) is 24.0 Å². The van der Waals surface area contributed by atoms with Crippen LogP contribution >= 0.6 is 11.6 Å². The molecule has 0 heterocycles. The molecule has 0 spiro atoms. The van der Waals surface area contributed by atoms with Crippen molar-refractivity contribution in [2.75, 3.05) is 0 Å². The molecule has 1 atom stereocenters. The van der Waals surface area contributed by atoms with Gasteiger partial charge in [0.15, 0.2) is 0 Å². The number of nitriles is 1. The first-order valence-corrected chi connectivity index (χ1v) is 6.06. The number of hydrogen-bond donors (Lipinski definition) is 0. The molecule has 1 unspecified atom stereocenters. The second kappa shape index (κ2) is 5.84. The molecule has 0 radical (unpaired) electrons. The minimum atomic E-state index is -0.681. The molecule has 0 aliphatic rings. The molecule has 3 heteroatoms. The summed E-state index contributed by atoms with van der Waals surface area (Å²) in [5.74, 6) is 0.104. The molecule has 0 saturated carbocycles. The summed E-state index contributed by atoms with van der Waals surface area (Å²) in [6, 6.07) is 9.73. The van der Waals surface area contributed by atoms with Crippen LogP contribution in [-0.2, 0) is 10.2 Å². The number of carbonyl (C=O) groups excluding carboxylic acids is 1. The lowest BCUT2D eigenvalue weighted by Crippen LogP contribution is -2.31. The summed E-state index contributed by atoms with van der Waals surface area (Å²) in [6.45, 7) is 3.97. The minimum Gasteiger partial charge on any atom is -0.303 e. The van der Waals surface area contributed by atoms with Crippen molar-refractivity contribution < 1.29 is 4.79 Å². The number of hydrogen-bond acceptors (Lipinski definition) is 2. The Bertz CT molecular complexity index is 436. The van der Waals surface area contributed by atoms with Crippen LogP contribution in [0, 0.1) is 17.2 Å². The Balaban J connectivity index is 3.28. The molecule has 0 aliphatic heterocycles. The quantitative estimate of drug-likeness (QED) is 0.746. The average molecular weight is 250 g/mol. The highest BCUT2D eigenvalue weighted by Gasteiger charge is 2.36. The Morgan fingerprint density at radius 1 is 1.47 bits per heavy atom. The number of halogens is 1. The molecule has 1 aromatic carbocycles. The maximum Gasteiger partial charge on any atom is 0.120 e. The van der Waals surface area contributed by atoms with Crippen LogP contribution < -0.4 is 0 Å². The zero-order chi connectivity index (χ0) is 12.9. The van der Waals surface area contributed by atoms with Crippen LogP contribution in [-0.4, -0.2) is 6.29 Å². The molecule has 2 nitrogen and oxygen atoms in total. The molecule has 17 heavy (non-hydrogen) atoms. The van der Waals surface area contributed by atoms with Gasteiger partial charge < -0.3 is 4.79 Å². The Kier molecular flexibility index (Phi) is 4.72. The van der Waals surface area contributed by atoms with Crippen molar-refractivity contribution in [1.82, 2.24) is 0 Å². The van der Waals surface area contributed by atoms with E-state index >= 15 is 0 Å². The van der Waals surface area contributed by atoms with Gasteiger partial charge in [-0.1, -0.05) is 43.6 Å². The summed E-state index contributed by atoms with van der Waals surface area (Å²) in [6.07, 6.45) is 1.73. The summed E-state index contributed by atoms with van der Waals surface area (Å²) in [7, 11) is 0. The molecule has 0 N–H and O–H groups in total. The van der Waals surface area contributed by atoms with E-state index in [-0.39, 0.29) is 5.92 Å². The second-order valence-electron chi connectivity index (χ2n) is 4.42. The minimum absolute atomic E-state index is 0.104. The Hall–Kier alpha value is -1.33. The van der Waals surface area contributed by atoms with Gasteiger partial charge in [0.1, 0.15) is 6.29 Å². The summed E-state index contributed by atoms with van der Waals surface area (Å²) in [5, 5.41) is 10.1. The molecule has 0 bridgehead atoms. The largest absolute Gasteiger partial charge is 0.303 e. The van der Waals surface area contributed by atoms with Crippen molar-refractivity contribution in [1.29, 1.82) is 5.26 Å². The van der Waals surface area contributed by atoms with Crippen molar-refractivity contribution in [2.45, 2.75) is 32.1 Å². The van der Waals surface area contributed by atoms with Gasteiger partial charge in [-0.15, -0.1) is 0 Å². The number of carbonyl (C=O) groups is 1. The molecule has 0 amide bonds. The number of rotatable bonds is 5. The van der Waals surface area contributed by atoms with Crippen molar-refractivity contribution in [3.63, 3.8) is 0 Å². The van der Waals surface area contributed by atoms with Crippen LogP contribution in [0.4, 0.5) is 0 Å². The molecule has 90 valence electrons. The third-order valence-electron chi connectivity index (χ3n) is 3.20. The molecular formula is C14H16ClNO. The SMILES string of the molecule is CC(C)C(C#N)(CCC=O)c1ccccc1Cl. The van der Waals surface area contributed by atoms with E-state index in [1.807, 2.05) is 32.0 Å². The maximum absolute atomic E-state index is 10.6. The fourth-order valence-corrected chi connectivity index (χ4v) is 2.39. The smallest absolute Gasteiger partial charge is 0.120 e. The standard InChI is InChI=1S/C14H16ClNO/c1-11(2)14(10-16,8-5-9-17)12-6-3-4-7-13(12)15/h3-4,6-7,9,11H,5,8H2,1-2H3. The molecule has 0 fully saturated rings. The highest BCUT2D eigenvalue weighted by atomic mass is 35.5. The lowest BCUT2D eigenvalue weighted by atomic mass is 9.70. The van der Waals surface area contributed by atoms with Gasteiger partial charge in [-0.2, -0.15) is 5.26 Å². The van der Waals surface area contributed by atoms with Crippen LogP contribution in [0.5, 0.6) is 0 Å². The first kappa shape index (κ1) is 13.7. The van der Waals surface area contributed by atoms with E-state index < -0.39 is 5.41 Å². The van der Waals surface area contributed by atoms with E-state index in [4.69, 9.17) is 11.6 Å². The fraction of sp³-hybridized carbons (Fsp3) is 0.429. The van der Waals surface area contributed by atoms with Crippen molar-refractivity contribution in [3.05, 3.63) is 34.9 Å². The predicted octanol–water partition coefficient (Wildman–Crippen LogP) is 3.74. The van der Waals surface area contributed by atoms with Gasteiger partial charge in [0.05, 0.1) is 11.5 Å². The third-order valence-corrected chi connectivity index (χ3v) is 3.53. The van der Waals surface area contributed by atoms with E-state index in [9.17, 15) is 10.1 Å². The van der Waals surface area contributed by atoms with Crippen molar-refractivity contribution >= 4 is 17.9 Å². The molecule has 0 saturated heterocycles. The topological polar surface area (TPSA) is 40.9 Å². The lowest BCUT2D eigenvalue weighted by Gasteiger charge is -2.31. The van der Waals surface area contributed by atoms with Crippen molar-refractivity contribution in [2.24, 2.45) is 5.92 Å². The first-order chi connectivity index (χ1) is 8.08. The van der Waals surface area contributed by atoms with Gasteiger partial charge in [0.25, 0.3) is 0 Å². The van der Waals surface area contributed by atoms with Gasteiger partial charge in [0, 0.05) is 11.4 Å². The molecule has 0 aliphatic carbocycles. The Morgan fingerprint density at radius 2 is 2.12 bits per heavy atom. The van der Waals surface area contributed by atoms with Gasteiger partial charge in [-0.3, -0.25) is 0 Å². The predicted molar refractivity (Wildman–Crippen MR) is 68.9 cm³/mol. The van der Waals surface area contributed by atoms with E-state index in [0.29, 0.717) is 17.9 Å². The van der Waals surface area contributed by atoms with E-state index in [1.54, 1.807) is 6.07 Å². The van der Waals surface area contributed by atoms with Gasteiger partial charge in [-0.25, -0.2) is 0 Å². The van der Waals surface area contributed by atoms with Crippen LogP contribution in [0.1, 0.15) is 32.3 Å². The summed E-state index contributed by atoms with van der Waals surface area (Å²) in [4.78, 5) is 10.6. The molecule has 0 aromatic heterocycles. The summed E-state index contributed by atoms with van der Waals surface area (Å²) < 4.78 is 0. The monoisotopic (exact) mass is 249 g/mol. The second-order valence-corrected chi connectivity index (χ2v) is 4.83. The van der Waals surface area contributed by atoms with Crippen LogP contribution in [0.25, 0.3) is 0 Å². The van der Waals surface area contributed by atoms with E-state index in [2.05, 4.69) is 6.07 Å². The normalized spacial score (nSPS) is 14.1. The van der Waals surface area contributed by atoms with E-state index in [1.165, 1.54) is 0 Å². The number of benzene rings is 1. The van der Waals surface area contributed by atoms with Crippen LogP contribution in [0.3, 0.4) is 0 Å². The third kappa shape index (κ3) is 2.68. The molecular weight excluding hydrogens is 234 g/mol. The zero-order valence-electron chi connectivity index (χ0n) is 10.1. The number of nitrogens with zero attached hydrogens (tertiary/aromatic N) is 1. The van der Waals surface area contributed by atoms with Crippen LogP contribution in [0.15, 0.2) is 24.3 Å². The lowest BCUT2D eigenvalue weighted by molar-refractivity contribution is -0.108. The summed E-state index contributed by atoms with van der Waals surface area (Å²) >= 11 is 6.17. The molecule has 1 aromatic rings. The van der Waals surface area contributed by atoms with E-state index in [0.717, 1.165) is 11.8 Å². The van der Waals surface area contributed by atoms with Gasteiger partial charge >= 0.3 is 0 Å². The average Bonchev–Trinajstić information content (AvgIpc) is 2.32. The highest BCUT2D eigenvalue weighted by molar-refractivity contribution is 6.31. The maximum atomic E-state index is 10.6. The first-order valence-electron chi connectivity index (χ1n) is 5.68. The zero-order valence-corrected chi connectivity index (χ0v) is 10.9. The fourth-order valence-electron chi connectivity index (χ4n) is 2.09. The highest BCUT2D eigenvalue weighted by Crippen LogP contribution is 2.39. The summed E-state index contributed by atoms with van der Waals surface area (Å²) in [5.41, 5.74) is 0.139.